The average molecular weight is 541 g/mol. The topological polar surface area (TPSA) is 160 Å². The van der Waals surface area contributed by atoms with Crippen molar-refractivity contribution in [2.45, 2.75) is 98.2 Å². The zero-order valence-electron chi connectivity index (χ0n) is 23.2. The lowest BCUT2D eigenvalue weighted by atomic mass is 10.1. The molecule has 2 aromatic heterocycles. The highest BCUT2D eigenvalue weighted by Crippen LogP contribution is 2.42. The maximum Gasteiger partial charge on any atom is 0.326 e. The van der Waals surface area contributed by atoms with E-state index in [1.165, 1.54) is 0 Å². The van der Waals surface area contributed by atoms with Crippen molar-refractivity contribution in [3.63, 3.8) is 0 Å². The number of anilines is 1. The van der Waals surface area contributed by atoms with Crippen molar-refractivity contribution in [1.29, 1.82) is 0 Å². The third-order valence-electron chi connectivity index (χ3n) is 5.16. The molecule has 0 radical (unpaired) electrons. The number of nitrogens with two attached hydrogens (primary N) is 1. The number of aromatic nitrogens is 3. The number of ether oxygens (including phenoxy) is 3. The highest BCUT2D eigenvalue weighted by Gasteiger charge is 2.43. The monoisotopic (exact) mass is 540 g/mol. The summed E-state index contributed by atoms with van der Waals surface area (Å²) in [4.78, 5) is 34.0. The van der Waals surface area contributed by atoms with Gasteiger partial charge in [-0.2, -0.15) is 0 Å². The Morgan fingerprint density at radius 2 is 1.51 bits per heavy atom. The molecule has 208 valence electrons. The van der Waals surface area contributed by atoms with Crippen molar-refractivity contribution in [3.8, 4) is 0 Å². The van der Waals surface area contributed by atoms with Crippen molar-refractivity contribution in [2.24, 2.45) is 0 Å². The Balaban J connectivity index is 2.24. The first-order valence-corrected chi connectivity index (χ1v) is 14.1. The Morgan fingerprint density at radius 1 is 1.00 bits per heavy atom. The molecule has 1 atom stereocenters. The number of carbonyl (C=O) groups is 2. The van der Waals surface area contributed by atoms with Crippen LogP contribution in [0.25, 0.3) is 11.2 Å². The quantitative estimate of drug-likeness (QED) is 0.253. The van der Waals surface area contributed by atoms with Crippen LogP contribution in [-0.2, 0) is 34.9 Å². The van der Waals surface area contributed by atoms with Gasteiger partial charge in [-0.3, -0.25) is 14.2 Å². The van der Waals surface area contributed by atoms with E-state index in [1.54, 1.807) is 85.5 Å². The molecule has 4 N–H and O–H groups in total. The Labute approximate surface area is 218 Å². The van der Waals surface area contributed by atoms with Gasteiger partial charge >= 0.3 is 11.9 Å². The van der Waals surface area contributed by atoms with Gasteiger partial charge in [-0.1, -0.05) is 0 Å². The van der Waals surface area contributed by atoms with Gasteiger partial charge in [0.1, 0.15) is 22.9 Å². The Morgan fingerprint density at radius 3 is 2.00 bits per heavy atom. The van der Waals surface area contributed by atoms with Crippen LogP contribution in [0.1, 0.15) is 62.3 Å². The second-order valence-electron chi connectivity index (χ2n) is 10.7. The summed E-state index contributed by atoms with van der Waals surface area (Å²) in [6.45, 7) is 15.3. The van der Waals surface area contributed by atoms with Crippen LogP contribution in [0.4, 0.5) is 5.69 Å². The van der Waals surface area contributed by atoms with Gasteiger partial charge in [0.2, 0.25) is 7.44 Å². The minimum atomic E-state index is -3.74. The van der Waals surface area contributed by atoms with E-state index >= 15 is 0 Å². The van der Waals surface area contributed by atoms with Crippen molar-refractivity contribution >= 4 is 36.2 Å². The van der Waals surface area contributed by atoms with Gasteiger partial charge in [-0.15, -0.1) is 0 Å². The largest absolute Gasteiger partial charge is 0.462 e. The SMILES string of the molecule is CC(C)OC(=O)C(C)(C)NP(=O)(CO[C@H](C)Cn1cnc2c(N)ccnc21)NC(C)(C)C(=O)OC(C)C. The number of pyridine rings is 1. The zero-order valence-corrected chi connectivity index (χ0v) is 24.1. The molecule has 0 unspecified atom stereocenters. The first kappa shape index (κ1) is 30.7. The fourth-order valence-corrected chi connectivity index (χ4v) is 6.13. The molecule has 0 bridgehead atoms. The molecule has 2 heterocycles. The third-order valence-corrected chi connectivity index (χ3v) is 7.51. The number of nitrogens with one attached hydrogen (secondary N) is 2. The lowest BCUT2D eigenvalue weighted by molar-refractivity contribution is -0.153. The van der Waals surface area contributed by atoms with Crippen LogP contribution in [0, 0.1) is 0 Å². The summed E-state index contributed by atoms with van der Waals surface area (Å²) in [6, 6.07) is 1.67. The maximum atomic E-state index is 14.2. The lowest BCUT2D eigenvalue weighted by Crippen LogP contribution is -2.54. The first-order chi connectivity index (χ1) is 17.0. The Kier molecular flexibility index (Phi) is 9.87. The number of hydrogen-bond donors (Lipinski definition) is 3. The summed E-state index contributed by atoms with van der Waals surface area (Å²) < 4.78 is 32.6. The zero-order chi connectivity index (χ0) is 28.2. The highest BCUT2D eigenvalue weighted by atomic mass is 31.2. The average Bonchev–Trinajstić information content (AvgIpc) is 3.14. The lowest BCUT2D eigenvalue weighted by Gasteiger charge is -2.36. The number of esters is 2. The van der Waals surface area contributed by atoms with E-state index in [1.807, 2.05) is 0 Å². The van der Waals surface area contributed by atoms with E-state index in [-0.39, 0.29) is 18.6 Å². The van der Waals surface area contributed by atoms with Gasteiger partial charge in [0, 0.05) is 6.20 Å². The summed E-state index contributed by atoms with van der Waals surface area (Å²) in [6.07, 6.45) is 1.73. The molecule has 13 heteroatoms. The van der Waals surface area contributed by atoms with Crippen LogP contribution in [0.3, 0.4) is 0 Å². The van der Waals surface area contributed by atoms with Crippen LogP contribution in [0.15, 0.2) is 18.6 Å². The minimum Gasteiger partial charge on any atom is -0.462 e. The second-order valence-corrected chi connectivity index (χ2v) is 12.9. The van der Waals surface area contributed by atoms with Crippen LogP contribution < -0.4 is 15.9 Å². The number of nitrogen functional groups attached to an aromatic ring is 1. The minimum absolute atomic E-state index is 0.326. The molecule has 0 aromatic carbocycles. The van der Waals surface area contributed by atoms with Gasteiger partial charge in [0.05, 0.1) is 36.9 Å². The van der Waals surface area contributed by atoms with E-state index in [2.05, 4.69) is 20.1 Å². The molecule has 0 aliphatic rings. The molecule has 2 rings (SSSR count). The van der Waals surface area contributed by atoms with Crippen molar-refractivity contribution < 1.29 is 28.4 Å². The molecule has 0 aliphatic heterocycles. The summed E-state index contributed by atoms with van der Waals surface area (Å²) >= 11 is 0. The number of fused-ring (bicyclic) bond motifs is 1. The molecular weight excluding hydrogens is 499 g/mol. The van der Waals surface area contributed by atoms with Crippen molar-refractivity contribution in [3.05, 3.63) is 18.6 Å². The number of nitrogens with zero attached hydrogens (tertiary/aromatic N) is 3. The van der Waals surface area contributed by atoms with Gasteiger partial charge in [-0.25, -0.2) is 20.1 Å². The van der Waals surface area contributed by atoms with E-state index in [0.29, 0.717) is 23.4 Å². The molecule has 0 saturated carbocycles. The molecular formula is C24H41N6O6P. The summed E-state index contributed by atoms with van der Waals surface area (Å²) in [7, 11) is -3.74. The van der Waals surface area contributed by atoms with Crippen LogP contribution in [0.5, 0.6) is 0 Å². The summed E-state index contributed by atoms with van der Waals surface area (Å²) in [5, 5.41) is 5.76. The predicted molar refractivity (Wildman–Crippen MR) is 142 cm³/mol. The molecule has 0 amide bonds. The van der Waals surface area contributed by atoms with Gasteiger partial charge in [-0.05, 0) is 68.4 Å². The van der Waals surface area contributed by atoms with Gasteiger partial charge in [0.15, 0.2) is 5.65 Å². The molecule has 0 fully saturated rings. The number of imidazole rings is 1. The highest BCUT2D eigenvalue weighted by molar-refractivity contribution is 7.59. The molecule has 0 aliphatic carbocycles. The van der Waals surface area contributed by atoms with Crippen molar-refractivity contribution in [1.82, 2.24) is 24.7 Å². The molecule has 37 heavy (non-hydrogen) atoms. The Bertz CT molecular complexity index is 1110. The van der Waals surface area contributed by atoms with Crippen LogP contribution in [0.2, 0.25) is 0 Å². The normalized spacial score (nSPS) is 13.8. The van der Waals surface area contributed by atoms with E-state index in [0.717, 1.165) is 0 Å². The summed E-state index contributed by atoms with van der Waals surface area (Å²) in [5.41, 5.74) is 4.97. The molecule has 12 nitrogen and oxygen atoms in total. The Hall–Kier alpha value is -2.53. The van der Waals surface area contributed by atoms with E-state index in [9.17, 15) is 14.2 Å². The second kappa shape index (κ2) is 11.9. The number of carbonyl (C=O) groups excluding carboxylic acids is 2. The van der Waals surface area contributed by atoms with Crippen LogP contribution in [-0.4, -0.2) is 62.2 Å². The van der Waals surface area contributed by atoms with E-state index < -0.39 is 36.6 Å². The molecule has 0 saturated heterocycles. The van der Waals surface area contributed by atoms with Gasteiger partial charge < -0.3 is 24.5 Å². The number of hydrogen-bond acceptors (Lipinski definition) is 9. The molecule has 0 spiro atoms. The third kappa shape index (κ3) is 8.49. The maximum absolute atomic E-state index is 14.2. The van der Waals surface area contributed by atoms with E-state index in [4.69, 9.17) is 19.9 Å². The fourth-order valence-electron chi connectivity index (χ4n) is 3.49. The van der Waals surface area contributed by atoms with Gasteiger partial charge in [0.25, 0.3) is 0 Å². The van der Waals surface area contributed by atoms with Crippen LogP contribution >= 0.6 is 7.44 Å². The van der Waals surface area contributed by atoms with Crippen molar-refractivity contribution in [2.75, 3.05) is 12.1 Å². The standard InChI is InChI=1S/C24H41N6O6P/c1-15(2)35-21(31)23(6,7)28-37(33,29-24(8,9)22(32)36-16(3)4)14-34-17(5)12-30-13-27-19-18(25)10-11-26-20(19)30/h10-11,13,15-17H,12,14H2,1-9H3,(H2,25,26)(H2,28,29,33)/t17-/m1/s1. The predicted octanol–water partition coefficient (Wildman–Crippen LogP) is 3.21. The number of rotatable bonds is 13. The summed E-state index contributed by atoms with van der Waals surface area (Å²) in [5.74, 6) is -1.18. The first-order valence-electron chi connectivity index (χ1n) is 12.2. The fraction of sp³-hybridized carbons (Fsp3) is 0.667. The smallest absolute Gasteiger partial charge is 0.326 e. The molecule has 2 aromatic rings.